The Morgan fingerprint density at radius 3 is 2.50 bits per heavy atom. The van der Waals surface area contributed by atoms with Crippen molar-refractivity contribution >= 4 is 18.3 Å². The van der Waals surface area contributed by atoms with Crippen LogP contribution in [0.1, 0.15) is 40.0 Å². The van der Waals surface area contributed by atoms with Crippen molar-refractivity contribution < 1.29 is 23.9 Å². The molecule has 0 saturated carbocycles. The maximum atomic E-state index is 12.0. The maximum absolute atomic E-state index is 12.0. The summed E-state index contributed by atoms with van der Waals surface area (Å²) in [5.41, 5.74) is -1.36. The molecular formula is C14H23NO5. The first-order valence-corrected chi connectivity index (χ1v) is 6.74. The lowest BCUT2D eigenvalue weighted by molar-refractivity contribution is -0.152. The molecule has 1 saturated heterocycles. The molecule has 0 bridgehead atoms. The molecule has 6 nitrogen and oxygen atoms in total. The number of ether oxygens (including phenoxy) is 2. The fourth-order valence-electron chi connectivity index (χ4n) is 2.38. The molecule has 0 spiro atoms. The molecule has 0 aromatic carbocycles. The highest BCUT2D eigenvalue weighted by Crippen LogP contribution is 2.36. The molecule has 0 radical (unpaired) electrons. The molecule has 0 N–H and O–H groups in total. The molecule has 1 aliphatic rings. The van der Waals surface area contributed by atoms with Crippen LogP contribution in [0.5, 0.6) is 0 Å². The van der Waals surface area contributed by atoms with Crippen LogP contribution in [0.2, 0.25) is 0 Å². The molecule has 0 aromatic rings. The van der Waals surface area contributed by atoms with Crippen LogP contribution >= 0.6 is 0 Å². The van der Waals surface area contributed by atoms with E-state index in [0.717, 1.165) is 6.29 Å². The van der Waals surface area contributed by atoms with E-state index < -0.39 is 17.1 Å². The summed E-state index contributed by atoms with van der Waals surface area (Å²) in [6.45, 7) is 6.05. The second-order valence-electron chi connectivity index (χ2n) is 6.13. The van der Waals surface area contributed by atoms with Gasteiger partial charge in [0, 0.05) is 19.5 Å². The highest BCUT2D eigenvalue weighted by atomic mass is 16.6. The van der Waals surface area contributed by atoms with Crippen molar-refractivity contribution in [2.75, 3.05) is 20.2 Å². The zero-order valence-electron chi connectivity index (χ0n) is 12.6. The monoisotopic (exact) mass is 285 g/mol. The van der Waals surface area contributed by atoms with Gasteiger partial charge in [-0.2, -0.15) is 0 Å². The van der Waals surface area contributed by atoms with Gasteiger partial charge in [0.2, 0.25) is 0 Å². The minimum absolute atomic E-state index is 0.239. The first-order chi connectivity index (χ1) is 9.24. The van der Waals surface area contributed by atoms with E-state index in [9.17, 15) is 14.4 Å². The van der Waals surface area contributed by atoms with Crippen LogP contribution in [0.25, 0.3) is 0 Å². The maximum Gasteiger partial charge on any atom is 0.410 e. The Morgan fingerprint density at radius 1 is 1.35 bits per heavy atom. The zero-order valence-corrected chi connectivity index (χ0v) is 12.6. The number of aldehydes is 1. The van der Waals surface area contributed by atoms with Gasteiger partial charge in [0.05, 0.1) is 12.5 Å². The number of carbonyl (C=O) groups is 3. The van der Waals surface area contributed by atoms with Gasteiger partial charge in [0.15, 0.2) is 0 Å². The van der Waals surface area contributed by atoms with Gasteiger partial charge in [-0.25, -0.2) is 4.79 Å². The van der Waals surface area contributed by atoms with Gasteiger partial charge in [-0.15, -0.1) is 0 Å². The normalized spacial score (nSPS) is 22.5. The van der Waals surface area contributed by atoms with E-state index in [4.69, 9.17) is 9.47 Å². The number of rotatable bonds is 4. The number of methoxy groups -OCH3 is 1. The van der Waals surface area contributed by atoms with Crippen molar-refractivity contribution in [1.82, 2.24) is 4.90 Å². The van der Waals surface area contributed by atoms with Crippen LogP contribution < -0.4 is 0 Å². The number of amides is 1. The predicted octanol–water partition coefficient (Wildman–Crippen LogP) is 1.77. The van der Waals surface area contributed by atoms with Crippen molar-refractivity contribution in [3.63, 3.8) is 0 Å². The second kappa shape index (κ2) is 6.24. The molecule has 1 heterocycles. The van der Waals surface area contributed by atoms with Crippen molar-refractivity contribution in [1.29, 1.82) is 0 Å². The number of carbonyl (C=O) groups excluding carboxylic acids is 3. The number of hydrogen-bond donors (Lipinski definition) is 0. The standard InChI is InChI=1S/C14H23NO5/c1-13(2,3)20-12(18)15-8-7-14(10-15,6-5-9-16)11(17)19-4/h9H,5-8,10H2,1-4H3. The molecule has 114 valence electrons. The highest BCUT2D eigenvalue weighted by Gasteiger charge is 2.47. The molecule has 20 heavy (non-hydrogen) atoms. The number of hydrogen-bond acceptors (Lipinski definition) is 5. The smallest absolute Gasteiger partial charge is 0.410 e. The van der Waals surface area contributed by atoms with Crippen molar-refractivity contribution in [2.24, 2.45) is 5.41 Å². The average Bonchev–Trinajstić information content (AvgIpc) is 2.79. The number of nitrogens with zero attached hydrogens (tertiary/aromatic N) is 1. The summed E-state index contributed by atoms with van der Waals surface area (Å²) in [5.74, 6) is -0.370. The Labute approximate surface area is 119 Å². The van der Waals surface area contributed by atoms with Crippen LogP contribution in [-0.4, -0.2) is 49.0 Å². The van der Waals surface area contributed by atoms with Gasteiger partial charge in [-0.1, -0.05) is 0 Å². The Balaban J connectivity index is 2.76. The van der Waals surface area contributed by atoms with Crippen LogP contribution in [-0.2, 0) is 19.1 Å². The second-order valence-corrected chi connectivity index (χ2v) is 6.13. The lowest BCUT2D eigenvalue weighted by Crippen LogP contribution is -2.40. The van der Waals surface area contributed by atoms with Crippen molar-refractivity contribution in [2.45, 2.75) is 45.6 Å². The largest absolute Gasteiger partial charge is 0.469 e. The van der Waals surface area contributed by atoms with E-state index in [1.807, 2.05) is 0 Å². The first kappa shape index (κ1) is 16.5. The predicted molar refractivity (Wildman–Crippen MR) is 72.2 cm³/mol. The SMILES string of the molecule is COC(=O)C1(CCC=O)CCN(C(=O)OC(C)(C)C)C1. The van der Waals surface area contributed by atoms with Gasteiger partial charge < -0.3 is 19.2 Å². The average molecular weight is 285 g/mol. The van der Waals surface area contributed by atoms with E-state index in [1.165, 1.54) is 12.0 Å². The number of esters is 1. The first-order valence-electron chi connectivity index (χ1n) is 6.74. The zero-order chi connectivity index (χ0) is 15.4. The minimum atomic E-state index is -0.785. The Bertz CT molecular complexity index is 388. The summed E-state index contributed by atoms with van der Waals surface area (Å²) in [6.07, 6.45) is 1.50. The van der Waals surface area contributed by atoms with Crippen LogP contribution in [0.3, 0.4) is 0 Å². The topological polar surface area (TPSA) is 72.9 Å². The van der Waals surface area contributed by atoms with E-state index in [-0.39, 0.29) is 18.9 Å². The summed E-state index contributed by atoms with van der Waals surface area (Å²) >= 11 is 0. The fraction of sp³-hybridized carbons (Fsp3) is 0.786. The lowest BCUT2D eigenvalue weighted by Gasteiger charge is -2.27. The van der Waals surface area contributed by atoms with E-state index in [1.54, 1.807) is 20.8 Å². The molecule has 6 heteroatoms. The summed E-state index contributed by atoms with van der Waals surface area (Å²) in [5, 5.41) is 0. The van der Waals surface area contributed by atoms with E-state index in [2.05, 4.69) is 0 Å². The van der Waals surface area contributed by atoms with E-state index in [0.29, 0.717) is 19.4 Å². The summed E-state index contributed by atoms with van der Waals surface area (Å²) in [7, 11) is 1.32. The molecular weight excluding hydrogens is 262 g/mol. The Morgan fingerprint density at radius 2 is 2.00 bits per heavy atom. The lowest BCUT2D eigenvalue weighted by atomic mass is 9.82. The van der Waals surface area contributed by atoms with Crippen LogP contribution in [0, 0.1) is 5.41 Å². The fourth-order valence-corrected chi connectivity index (χ4v) is 2.38. The van der Waals surface area contributed by atoms with Crippen molar-refractivity contribution in [3.8, 4) is 0 Å². The highest BCUT2D eigenvalue weighted by molar-refractivity contribution is 5.79. The van der Waals surface area contributed by atoms with Gasteiger partial charge in [-0.3, -0.25) is 4.79 Å². The van der Waals surface area contributed by atoms with Gasteiger partial charge in [-0.05, 0) is 33.6 Å². The van der Waals surface area contributed by atoms with Crippen LogP contribution in [0.15, 0.2) is 0 Å². The number of likely N-dealkylation sites (tertiary alicyclic amines) is 1. The van der Waals surface area contributed by atoms with Gasteiger partial charge in [0.1, 0.15) is 11.9 Å². The third kappa shape index (κ3) is 3.95. The molecule has 1 rings (SSSR count). The summed E-state index contributed by atoms with van der Waals surface area (Å²) in [4.78, 5) is 36.1. The molecule has 0 aromatic heterocycles. The van der Waals surface area contributed by atoms with Gasteiger partial charge in [0.25, 0.3) is 0 Å². The molecule has 1 amide bonds. The third-order valence-electron chi connectivity index (χ3n) is 3.36. The minimum Gasteiger partial charge on any atom is -0.469 e. The van der Waals surface area contributed by atoms with Gasteiger partial charge >= 0.3 is 12.1 Å². The molecule has 1 atom stereocenters. The Hall–Kier alpha value is -1.59. The quantitative estimate of drug-likeness (QED) is 0.581. The summed E-state index contributed by atoms with van der Waals surface area (Å²) in [6, 6.07) is 0. The molecule has 0 aliphatic carbocycles. The molecule has 1 fully saturated rings. The Kier molecular flexibility index (Phi) is 5.14. The summed E-state index contributed by atoms with van der Waals surface area (Å²) < 4.78 is 10.1. The van der Waals surface area contributed by atoms with Crippen molar-refractivity contribution in [3.05, 3.63) is 0 Å². The van der Waals surface area contributed by atoms with Crippen LogP contribution in [0.4, 0.5) is 4.79 Å². The molecule has 1 aliphatic heterocycles. The van der Waals surface area contributed by atoms with E-state index >= 15 is 0 Å². The third-order valence-corrected chi connectivity index (χ3v) is 3.36. The molecule has 1 unspecified atom stereocenters.